The van der Waals surface area contributed by atoms with E-state index in [0.29, 0.717) is 12.2 Å². The summed E-state index contributed by atoms with van der Waals surface area (Å²) in [6, 6.07) is 4.96. The van der Waals surface area contributed by atoms with Gasteiger partial charge in [-0.05, 0) is 70.2 Å². The van der Waals surface area contributed by atoms with Gasteiger partial charge < -0.3 is 19.4 Å². The Bertz CT molecular complexity index is 761. The lowest BCUT2D eigenvalue weighted by atomic mass is 9.78. The average molecular weight is 436 g/mol. The minimum Gasteiger partial charge on any atom is -0.432 e. The highest BCUT2D eigenvalue weighted by Crippen LogP contribution is 2.40. The van der Waals surface area contributed by atoms with Gasteiger partial charge in [0.25, 0.3) is 5.69 Å². The molecule has 1 saturated heterocycles. The highest BCUT2D eigenvalue weighted by molar-refractivity contribution is 6.72. The zero-order chi connectivity index (χ0) is 23.0. The van der Waals surface area contributed by atoms with Crippen LogP contribution in [0.5, 0.6) is 0 Å². The molecular weight excluding hydrogens is 399 g/mol. The molecular formula is C21H37BN2O5Si. The van der Waals surface area contributed by atoms with Gasteiger partial charge in [0.1, 0.15) is 5.69 Å². The molecule has 0 amide bonds. The van der Waals surface area contributed by atoms with Crippen LogP contribution in [0.3, 0.4) is 0 Å². The molecule has 0 bridgehead atoms. The van der Waals surface area contributed by atoms with E-state index in [9.17, 15) is 14.9 Å². The number of unbranched alkanes of at least 4 members (excludes halogenated alkanes) is 1. The second-order valence-electron chi connectivity index (χ2n) is 10.4. The maximum absolute atomic E-state index is 11.5. The van der Waals surface area contributed by atoms with Gasteiger partial charge in [-0.1, -0.05) is 26.3 Å². The SMILES string of the molecule is CC1(C)OB(c2ccc([N+](=O)[O-])c(NCCCCC(C)(C)[Si](C)(C)O)c2)OC1(C)C. The van der Waals surface area contributed by atoms with Crippen molar-refractivity contribution in [3.8, 4) is 0 Å². The van der Waals surface area contributed by atoms with Crippen LogP contribution in [0.25, 0.3) is 0 Å². The second-order valence-corrected chi connectivity index (χ2v) is 14.9. The van der Waals surface area contributed by atoms with E-state index in [0.717, 1.165) is 24.7 Å². The number of benzene rings is 1. The van der Waals surface area contributed by atoms with E-state index < -0.39 is 26.6 Å². The van der Waals surface area contributed by atoms with Crippen molar-refractivity contribution in [1.82, 2.24) is 0 Å². The Kier molecular flexibility index (Phi) is 7.13. The predicted octanol–water partition coefficient (Wildman–Crippen LogP) is 4.45. The van der Waals surface area contributed by atoms with Crippen molar-refractivity contribution in [1.29, 1.82) is 0 Å². The molecule has 0 spiro atoms. The topological polar surface area (TPSA) is 93.9 Å². The van der Waals surface area contributed by atoms with Gasteiger partial charge in [-0.3, -0.25) is 10.1 Å². The van der Waals surface area contributed by atoms with Crippen molar-refractivity contribution in [2.24, 2.45) is 0 Å². The van der Waals surface area contributed by atoms with E-state index in [1.165, 1.54) is 6.07 Å². The van der Waals surface area contributed by atoms with Crippen molar-refractivity contribution >= 4 is 32.3 Å². The highest BCUT2D eigenvalue weighted by atomic mass is 28.4. The summed E-state index contributed by atoms with van der Waals surface area (Å²) in [5, 5.41) is 14.6. The van der Waals surface area contributed by atoms with Gasteiger partial charge >= 0.3 is 7.12 Å². The molecule has 1 fully saturated rings. The fourth-order valence-electron chi connectivity index (χ4n) is 3.20. The van der Waals surface area contributed by atoms with Gasteiger partial charge in [-0.25, -0.2) is 0 Å². The molecule has 0 saturated carbocycles. The van der Waals surface area contributed by atoms with E-state index in [4.69, 9.17) is 9.31 Å². The summed E-state index contributed by atoms with van der Waals surface area (Å²) in [5.41, 5.74) is 0.339. The molecule has 1 aliphatic heterocycles. The summed E-state index contributed by atoms with van der Waals surface area (Å²) in [7, 11) is -2.78. The quantitative estimate of drug-likeness (QED) is 0.257. The molecule has 0 unspecified atom stereocenters. The van der Waals surface area contributed by atoms with Crippen LogP contribution in [-0.4, -0.2) is 42.9 Å². The Labute approximate surface area is 182 Å². The number of hydrogen-bond donors (Lipinski definition) is 2. The van der Waals surface area contributed by atoms with Gasteiger partial charge in [0, 0.05) is 12.6 Å². The summed E-state index contributed by atoms with van der Waals surface area (Å²) < 4.78 is 12.2. The van der Waals surface area contributed by atoms with Crippen LogP contribution in [0.4, 0.5) is 11.4 Å². The Balaban J connectivity index is 2.05. The summed E-state index contributed by atoms with van der Waals surface area (Å²) in [6.45, 7) is 16.7. The lowest BCUT2D eigenvalue weighted by Gasteiger charge is -2.35. The van der Waals surface area contributed by atoms with Crippen LogP contribution in [-0.2, 0) is 9.31 Å². The Hall–Kier alpha value is -1.42. The van der Waals surface area contributed by atoms with Crippen molar-refractivity contribution in [3.63, 3.8) is 0 Å². The molecule has 1 aromatic carbocycles. The molecule has 7 nitrogen and oxygen atoms in total. The molecule has 0 radical (unpaired) electrons. The molecule has 2 rings (SSSR count). The van der Waals surface area contributed by atoms with Gasteiger partial charge in [0.2, 0.25) is 0 Å². The van der Waals surface area contributed by atoms with Crippen LogP contribution in [0.1, 0.15) is 60.8 Å². The first-order chi connectivity index (χ1) is 13.6. The van der Waals surface area contributed by atoms with Crippen molar-refractivity contribution < 1.29 is 19.0 Å². The molecule has 1 aliphatic rings. The lowest BCUT2D eigenvalue weighted by Crippen LogP contribution is -2.41. The van der Waals surface area contributed by atoms with Crippen LogP contribution in [0.2, 0.25) is 18.1 Å². The van der Waals surface area contributed by atoms with Gasteiger partial charge in [-0.2, -0.15) is 0 Å². The predicted molar refractivity (Wildman–Crippen MR) is 125 cm³/mol. The first-order valence-electron chi connectivity index (χ1n) is 10.7. The van der Waals surface area contributed by atoms with Crippen LogP contribution in [0, 0.1) is 10.1 Å². The smallest absolute Gasteiger partial charge is 0.432 e. The van der Waals surface area contributed by atoms with E-state index in [2.05, 4.69) is 19.2 Å². The number of rotatable bonds is 9. The number of nitro benzene ring substituents is 1. The molecule has 9 heteroatoms. The number of nitrogens with zero attached hydrogens (tertiary/aromatic N) is 1. The first-order valence-corrected chi connectivity index (χ1v) is 13.6. The highest BCUT2D eigenvalue weighted by Gasteiger charge is 2.51. The normalized spacial score (nSPS) is 18.5. The molecule has 30 heavy (non-hydrogen) atoms. The van der Waals surface area contributed by atoms with Gasteiger partial charge in [-0.15, -0.1) is 0 Å². The number of hydrogen-bond acceptors (Lipinski definition) is 6. The second kappa shape index (κ2) is 8.61. The van der Waals surface area contributed by atoms with Crippen molar-refractivity contribution in [2.75, 3.05) is 11.9 Å². The van der Waals surface area contributed by atoms with E-state index in [-0.39, 0.29) is 15.6 Å². The largest absolute Gasteiger partial charge is 0.494 e. The third-order valence-corrected chi connectivity index (χ3v) is 10.5. The fraction of sp³-hybridized carbons (Fsp3) is 0.714. The summed E-state index contributed by atoms with van der Waals surface area (Å²) in [5.74, 6) is 0. The first kappa shape index (κ1) is 24.8. The molecule has 1 aromatic rings. The molecule has 0 atom stereocenters. The summed E-state index contributed by atoms with van der Waals surface area (Å²) in [6.07, 6.45) is 2.74. The third kappa shape index (κ3) is 5.43. The monoisotopic (exact) mass is 436 g/mol. The zero-order valence-electron chi connectivity index (χ0n) is 19.7. The standard InChI is InChI=1S/C21H37BN2O5Si/c1-19(2,30(7,8)27)13-9-10-14-23-17-15-16(11-12-18(17)24(25)26)22-28-20(3,4)21(5,6)29-22/h11-12,15,23,27H,9-10,13-14H2,1-8H3. The zero-order valence-corrected chi connectivity index (χ0v) is 20.7. The number of nitrogens with one attached hydrogen (secondary N) is 1. The lowest BCUT2D eigenvalue weighted by molar-refractivity contribution is -0.383. The molecule has 0 aliphatic carbocycles. The van der Waals surface area contributed by atoms with Crippen molar-refractivity contribution in [2.45, 2.75) is 90.1 Å². The van der Waals surface area contributed by atoms with Crippen LogP contribution in [0.15, 0.2) is 18.2 Å². The molecule has 168 valence electrons. The Morgan fingerprint density at radius 1 is 1.17 bits per heavy atom. The van der Waals surface area contributed by atoms with E-state index >= 15 is 0 Å². The summed E-state index contributed by atoms with van der Waals surface area (Å²) in [4.78, 5) is 21.5. The van der Waals surface area contributed by atoms with E-state index in [1.54, 1.807) is 12.1 Å². The number of nitro groups is 1. The maximum Gasteiger partial charge on any atom is 0.494 e. The van der Waals surface area contributed by atoms with E-state index in [1.807, 2.05) is 40.8 Å². The molecule has 2 N–H and O–H groups in total. The van der Waals surface area contributed by atoms with Gasteiger partial charge in [0.15, 0.2) is 8.32 Å². The third-order valence-electron chi connectivity index (χ3n) is 6.94. The minimum absolute atomic E-state index is 0.0412. The number of anilines is 1. The molecule has 0 aromatic heterocycles. The van der Waals surface area contributed by atoms with Crippen molar-refractivity contribution in [3.05, 3.63) is 28.3 Å². The van der Waals surface area contributed by atoms with Gasteiger partial charge in [0.05, 0.1) is 16.1 Å². The Morgan fingerprint density at radius 3 is 2.23 bits per heavy atom. The minimum atomic E-state index is -2.22. The van der Waals surface area contributed by atoms with Crippen LogP contribution >= 0.6 is 0 Å². The molecule has 1 heterocycles. The summed E-state index contributed by atoms with van der Waals surface area (Å²) >= 11 is 0. The average Bonchev–Trinajstić information content (AvgIpc) is 2.81. The fourth-order valence-corrected chi connectivity index (χ4v) is 3.99. The Morgan fingerprint density at radius 2 is 1.73 bits per heavy atom. The maximum atomic E-state index is 11.5. The van der Waals surface area contributed by atoms with Crippen LogP contribution < -0.4 is 10.8 Å².